The van der Waals surface area contributed by atoms with E-state index in [1.54, 1.807) is 0 Å². The topological polar surface area (TPSA) is 78.8 Å². The first-order chi connectivity index (χ1) is 9.74. The number of benzene rings is 1. The highest BCUT2D eigenvalue weighted by atomic mass is 16.5. The first-order valence-corrected chi connectivity index (χ1v) is 6.94. The number of anilines is 1. The van der Waals surface area contributed by atoms with E-state index in [4.69, 9.17) is 10.5 Å². The third-order valence-electron chi connectivity index (χ3n) is 3.75. The predicted octanol–water partition coefficient (Wildman–Crippen LogP) is 1.66. The van der Waals surface area contributed by atoms with Crippen molar-refractivity contribution in [3.63, 3.8) is 0 Å². The Bertz CT molecular complexity index is 589. The summed E-state index contributed by atoms with van der Waals surface area (Å²) in [4.78, 5) is 0. The van der Waals surface area contributed by atoms with E-state index in [0.717, 1.165) is 48.8 Å². The zero-order chi connectivity index (χ0) is 13.9. The number of hydrogen-bond donors (Lipinski definition) is 1. The van der Waals surface area contributed by atoms with Crippen LogP contribution in [0.1, 0.15) is 18.4 Å². The fourth-order valence-corrected chi connectivity index (χ4v) is 2.55. The van der Waals surface area contributed by atoms with Gasteiger partial charge in [-0.15, -0.1) is 5.10 Å². The van der Waals surface area contributed by atoms with Gasteiger partial charge in [-0.1, -0.05) is 0 Å². The highest BCUT2D eigenvalue weighted by Gasteiger charge is 2.18. The van der Waals surface area contributed by atoms with Crippen LogP contribution in [0.5, 0.6) is 0 Å². The summed E-state index contributed by atoms with van der Waals surface area (Å²) < 4.78 is 7.38. The quantitative estimate of drug-likeness (QED) is 0.860. The molecule has 0 amide bonds. The largest absolute Gasteiger partial charge is 0.399 e. The van der Waals surface area contributed by atoms with E-state index >= 15 is 0 Å². The Labute approximate surface area is 117 Å². The minimum atomic E-state index is 0.487. The molecular weight excluding hydrogens is 254 g/mol. The Hall–Kier alpha value is -1.95. The van der Waals surface area contributed by atoms with Crippen molar-refractivity contribution in [1.82, 2.24) is 20.2 Å². The van der Waals surface area contributed by atoms with Crippen LogP contribution in [-0.2, 0) is 11.3 Å². The molecule has 0 saturated carbocycles. The lowest BCUT2D eigenvalue weighted by molar-refractivity contribution is 0.0470. The van der Waals surface area contributed by atoms with Crippen LogP contribution < -0.4 is 5.73 Å². The van der Waals surface area contributed by atoms with Gasteiger partial charge in [0.05, 0.1) is 13.2 Å². The molecule has 1 saturated heterocycles. The molecule has 0 bridgehead atoms. The van der Waals surface area contributed by atoms with Crippen molar-refractivity contribution < 1.29 is 4.74 Å². The highest BCUT2D eigenvalue weighted by molar-refractivity contribution is 5.61. The first kappa shape index (κ1) is 13.1. The van der Waals surface area contributed by atoms with Crippen molar-refractivity contribution in [3.8, 4) is 11.4 Å². The van der Waals surface area contributed by atoms with Gasteiger partial charge in [0.2, 0.25) is 0 Å². The molecule has 1 aromatic heterocycles. The van der Waals surface area contributed by atoms with Gasteiger partial charge in [-0.05, 0) is 54.0 Å². The number of nitrogens with two attached hydrogens (primary N) is 1. The summed E-state index contributed by atoms with van der Waals surface area (Å²) in [6, 6.07) is 5.88. The number of aryl methyl sites for hydroxylation is 1. The Morgan fingerprint density at radius 2 is 2.35 bits per heavy atom. The summed E-state index contributed by atoms with van der Waals surface area (Å²) >= 11 is 0. The van der Waals surface area contributed by atoms with Gasteiger partial charge in [0.15, 0.2) is 5.82 Å². The van der Waals surface area contributed by atoms with Crippen LogP contribution in [0.2, 0.25) is 0 Å². The third kappa shape index (κ3) is 2.65. The van der Waals surface area contributed by atoms with Gasteiger partial charge in [0.1, 0.15) is 0 Å². The van der Waals surface area contributed by atoms with E-state index in [2.05, 4.69) is 15.5 Å². The van der Waals surface area contributed by atoms with Crippen molar-refractivity contribution in [1.29, 1.82) is 0 Å². The monoisotopic (exact) mass is 273 g/mol. The average Bonchev–Trinajstić information content (AvgIpc) is 2.91. The molecule has 2 heterocycles. The molecular formula is C14H19N5O. The van der Waals surface area contributed by atoms with Crippen molar-refractivity contribution in [2.45, 2.75) is 26.3 Å². The summed E-state index contributed by atoms with van der Waals surface area (Å²) in [6.45, 7) is 4.45. The maximum atomic E-state index is 5.85. The molecule has 1 aromatic carbocycles. The maximum absolute atomic E-state index is 5.85. The number of ether oxygens (including phenoxy) is 1. The van der Waals surface area contributed by atoms with Crippen LogP contribution in [0.3, 0.4) is 0 Å². The first-order valence-electron chi connectivity index (χ1n) is 6.94. The highest BCUT2D eigenvalue weighted by Crippen LogP contribution is 2.23. The molecule has 2 N–H and O–H groups in total. The molecule has 0 aliphatic carbocycles. The molecule has 1 unspecified atom stereocenters. The number of nitrogens with zero attached hydrogens (tertiary/aromatic N) is 4. The second-order valence-electron chi connectivity index (χ2n) is 5.34. The molecule has 3 rings (SSSR count). The number of aromatic nitrogens is 4. The van der Waals surface area contributed by atoms with Gasteiger partial charge < -0.3 is 10.5 Å². The van der Waals surface area contributed by atoms with E-state index in [1.807, 2.05) is 29.8 Å². The van der Waals surface area contributed by atoms with Gasteiger partial charge in [0.25, 0.3) is 0 Å². The Kier molecular flexibility index (Phi) is 3.64. The van der Waals surface area contributed by atoms with Crippen molar-refractivity contribution in [2.75, 3.05) is 18.9 Å². The molecule has 6 heteroatoms. The molecule has 0 radical (unpaired) electrons. The van der Waals surface area contributed by atoms with E-state index in [-0.39, 0.29) is 0 Å². The van der Waals surface area contributed by atoms with E-state index < -0.39 is 0 Å². The van der Waals surface area contributed by atoms with Gasteiger partial charge in [-0.3, -0.25) is 0 Å². The zero-order valence-electron chi connectivity index (χ0n) is 11.6. The average molecular weight is 273 g/mol. The number of hydrogen-bond acceptors (Lipinski definition) is 5. The van der Waals surface area contributed by atoms with Crippen LogP contribution in [0.4, 0.5) is 5.69 Å². The summed E-state index contributed by atoms with van der Waals surface area (Å²) in [5.74, 6) is 1.28. The second-order valence-corrected chi connectivity index (χ2v) is 5.34. The van der Waals surface area contributed by atoms with Crippen molar-refractivity contribution in [3.05, 3.63) is 23.8 Å². The second kappa shape index (κ2) is 5.58. The minimum absolute atomic E-state index is 0.487. The Balaban J connectivity index is 1.83. The maximum Gasteiger partial charge on any atom is 0.182 e. The lowest BCUT2D eigenvalue weighted by Crippen LogP contribution is -2.23. The number of tetrazole rings is 1. The molecule has 0 spiro atoms. The standard InChI is InChI=1S/C14H19N5O/c1-10-7-12(4-5-13(10)15)14-16-17-18-19(14)8-11-3-2-6-20-9-11/h4-5,7,11H,2-3,6,8-9,15H2,1H3. The summed E-state index contributed by atoms with van der Waals surface area (Å²) in [5, 5.41) is 12.1. The van der Waals surface area contributed by atoms with Crippen molar-refractivity contribution in [2.24, 2.45) is 5.92 Å². The summed E-state index contributed by atoms with van der Waals surface area (Å²) in [5.41, 5.74) is 8.68. The van der Waals surface area contributed by atoms with Crippen LogP contribution in [0, 0.1) is 12.8 Å². The summed E-state index contributed by atoms with van der Waals surface area (Å²) in [7, 11) is 0. The number of rotatable bonds is 3. The molecule has 2 aromatic rings. The lowest BCUT2D eigenvalue weighted by Gasteiger charge is -2.21. The predicted molar refractivity (Wildman–Crippen MR) is 75.9 cm³/mol. The molecule has 1 aliphatic heterocycles. The van der Waals surface area contributed by atoms with Crippen LogP contribution in [0.25, 0.3) is 11.4 Å². The SMILES string of the molecule is Cc1cc(-c2nnnn2CC2CCCOC2)ccc1N. The van der Waals surface area contributed by atoms with Crippen LogP contribution in [-0.4, -0.2) is 33.4 Å². The van der Waals surface area contributed by atoms with Gasteiger partial charge >= 0.3 is 0 Å². The normalized spacial score (nSPS) is 19.1. The Morgan fingerprint density at radius 3 is 3.10 bits per heavy atom. The van der Waals surface area contributed by atoms with E-state index in [1.165, 1.54) is 6.42 Å². The summed E-state index contributed by atoms with van der Waals surface area (Å²) in [6.07, 6.45) is 2.28. The van der Waals surface area contributed by atoms with Gasteiger partial charge in [0, 0.05) is 23.8 Å². The molecule has 106 valence electrons. The smallest absolute Gasteiger partial charge is 0.182 e. The van der Waals surface area contributed by atoms with Gasteiger partial charge in [-0.25, -0.2) is 4.68 Å². The molecule has 1 atom stereocenters. The van der Waals surface area contributed by atoms with Crippen LogP contribution in [0.15, 0.2) is 18.2 Å². The van der Waals surface area contributed by atoms with Crippen molar-refractivity contribution >= 4 is 5.69 Å². The zero-order valence-corrected chi connectivity index (χ0v) is 11.6. The lowest BCUT2D eigenvalue weighted by atomic mass is 10.0. The van der Waals surface area contributed by atoms with Gasteiger partial charge in [-0.2, -0.15) is 0 Å². The van der Waals surface area contributed by atoms with Crippen LogP contribution >= 0.6 is 0 Å². The molecule has 20 heavy (non-hydrogen) atoms. The third-order valence-corrected chi connectivity index (χ3v) is 3.75. The fourth-order valence-electron chi connectivity index (χ4n) is 2.55. The molecule has 1 fully saturated rings. The fraction of sp³-hybridized carbons (Fsp3) is 0.500. The van der Waals surface area contributed by atoms with E-state index in [9.17, 15) is 0 Å². The number of nitrogen functional groups attached to an aromatic ring is 1. The minimum Gasteiger partial charge on any atom is -0.399 e. The molecule has 6 nitrogen and oxygen atoms in total. The molecule has 1 aliphatic rings. The van der Waals surface area contributed by atoms with E-state index in [0.29, 0.717) is 5.92 Å². The Morgan fingerprint density at radius 1 is 1.45 bits per heavy atom.